The third-order valence-electron chi connectivity index (χ3n) is 5.47. The minimum Gasteiger partial charge on any atom is -0.508 e. The van der Waals surface area contributed by atoms with Gasteiger partial charge in [0.1, 0.15) is 11.3 Å². The fourth-order valence-corrected chi connectivity index (χ4v) is 4.41. The third kappa shape index (κ3) is 3.48. The van der Waals surface area contributed by atoms with Crippen LogP contribution in [0.1, 0.15) is 33.3 Å². The van der Waals surface area contributed by atoms with Gasteiger partial charge in [0.2, 0.25) is 5.76 Å². The molecule has 1 aromatic heterocycles. The van der Waals surface area contributed by atoms with E-state index in [4.69, 9.17) is 4.42 Å². The Morgan fingerprint density at radius 2 is 1.73 bits per heavy atom. The van der Waals surface area contributed by atoms with Crippen LogP contribution in [0.15, 0.2) is 80.4 Å². The summed E-state index contributed by atoms with van der Waals surface area (Å²) in [5.41, 5.74) is -0.958. The second-order valence-corrected chi connectivity index (χ2v) is 8.45. The Labute approximate surface area is 192 Å². The van der Waals surface area contributed by atoms with Gasteiger partial charge in [-0.15, -0.1) is 0 Å². The maximum Gasteiger partial charge on any atom is 0.416 e. The number of nitrogens with zero attached hydrogens (tertiary/aromatic N) is 1. The zero-order chi connectivity index (χ0) is 23.5. The van der Waals surface area contributed by atoms with E-state index in [1.165, 1.54) is 36.4 Å². The monoisotopic (exact) mass is 515 g/mol. The number of anilines is 1. The quantitative estimate of drug-likeness (QED) is 0.353. The standard InChI is InChI=1S/C24H13BrF3NO4/c25-14-7-8-18-17(11-14)21(31)19-20(12-3-1-6-16(30)9-12)29(23(32)22(19)33-18)15-5-2-4-13(10-15)24(26,27)28/h1-11,20,30H. The lowest BCUT2D eigenvalue weighted by molar-refractivity contribution is -0.137. The van der Waals surface area contributed by atoms with Crippen LogP contribution < -0.4 is 10.3 Å². The van der Waals surface area contributed by atoms with Gasteiger partial charge in [-0.1, -0.05) is 34.1 Å². The normalized spacial score (nSPS) is 15.8. The molecule has 5 rings (SSSR count). The Balaban J connectivity index is 1.81. The van der Waals surface area contributed by atoms with Gasteiger partial charge in [-0.25, -0.2) is 0 Å². The topological polar surface area (TPSA) is 70.8 Å². The van der Waals surface area contributed by atoms with E-state index in [9.17, 15) is 27.9 Å². The summed E-state index contributed by atoms with van der Waals surface area (Å²) >= 11 is 3.31. The molecule has 1 aliphatic heterocycles. The fraction of sp³-hybridized carbons (Fsp3) is 0.0833. The first-order valence-corrected chi connectivity index (χ1v) is 10.5. The molecule has 0 aliphatic carbocycles. The molecule has 0 radical (unpaired) electrons. The number of phenolic OH excluding ortho intramolecular Hbond substituents is 1. The molecular weight excluding hydrogens is 503 g/mol. The SMILES string of the molecule is O=C1c2oc3ccc(Br)cc3c(=O)c2C(c2cccc(O)c2)N1c1cccc(C(F)(F)F)c1. The van der Waals surface area contributed by atoms with Gasteiger partial charge in [-0.05, 0) is 54.1 Å². The van der Waals surface area contributed by atoms with Crippen LogP contribution in [0.5, 0.6) is 5.75 Å². The number of carbonyl (C=O) groups is 1. The van der Waals surface area contributed by atoms with Crippen molar-refractivity contribution in [2.75, 3.05) is 4.90 Å². The maximum atomic E-state index is 13.5. The Morgan fingerprint density at radius 3 is 2.45 bits per heavy atom. The second-order valence-electron chi connectivity index (χ2n) is 7.54. The number of amides is 1. The van der Waals surface area contributed by atoms with E-state index in [-0.39, 0.29) is 33.7 Å². The second kappa shape index (κ2) is 7.48. The molecule has 0 saturated heterocycles. The molecule has 1 atom stereocenters. The lowest BCUT2D eigenvalue weighted by Crippen LogP contribution is -2.29. The average molecular weight is 516 g/mol. The number of fused-ring (bicyclic) bond motifs is 2. The summed E-state index contributed by atoms with van der Waals surface area (Å²) in [6, 6.07) is 13.8. The Kier molecular flexibility index (Phi) is 4.82. The van der Waals surface area contributed by atoms with Gasteiger partial charge in [-0.2, -0.15) is 13.2 Å². The van der Waals surface area contributed by atoms with Gasteiger partial charge in [0.15, 0.2) is 5.43 Å². The van der Waals surface area contributed by atoms with Crippen LogP contribution in [0, 0.1) is 0 Å². The van der Waals surface area contributed by atoms with Crippen LogP contribution in [0.4, 0.5) is 18.9 Å². The van der Waals surface area contributed by atoms with Crippen LogP contribution in [0.2, 0.25) is 0 Å². The van der Waals surface area contributed by atoms with Gasteiger partial charge >= 0.3 is 6.18 Å². The number of rotatable bonds is 2. The summed E-state index contributed by atoms with van der Waals surface area (Å²) in [7, 11) is 0. The molecule has 166 valence electrons. The van der Waals surface area contributed by atoms with Crippen molar-refractivity contribution in [2.45, 2.75) is 12.2 Å². The molecule has 3 aromatic carbocycles. The van der Waals surface area contributed by atoms with E-state index in [0.717, 1.165) is 17.0 Å². The molecule has 0 fully saturated rings. The lowest BCUT2D eigenvalue weighted by Gasteiger charge is -2.26. The Morgan fingerprint density at radius 1 is 0.970 bits per heavy atom. The maximum absolute atomic E-state index is 13.5. The zero-order valence-corrected chi connectivity index (χ0v) is 18.1. The number of halogens is 4. The van der Waals surface area contributed by atoms with Crippen LogP contribution in [-0.2, 0) is 6.18 Å². The van der Waals surface area contributed by atoms with Crippen molar-refractivity contribution in [1.29, 1.82) is 0 Å². The highest BCUT2D eigenvalue weighted by atomic mass is 79.9. The number of hydrogen-bond donors (Lipinski definition) is 1. The van der Waals surface area contributed by atoms with E-state index < -0.39 is 29.1 Å². The molecule has 0 bridgehead atoms. The van der Waals surface area contributed by atoms with Crippen molar-refractivity contribution < 1.29 is 27.5 Å². The summed E-state index contributed by atoms with van der Waals surface area (Å²) in [5.74, 6) is -1.12. The van der Waals surface area contributed by atoms with Crippen LogP contribution in [0.25, 0.3) is 11.0 Å². The van der Waals surface area contributed by atoms with Crippen molar-refractivity contribution in [1.82, 2.24) is 0 Å². The number of phenols is 1. The Bertz CT molecular complexity index is 1500. The molecule has 0 spiro atoms. The summed E-state index contributed by atoms with van der Waals surface area (Å²) in [4.78, 5) is 28.0. The molecule has 33 heavy (non-hydrogen) atoms. The van der Waals surface area contributed by atoms with Crippen molar-refractivity contribution in [3.8, 4) is 5.75 Å². The van der Waals surface area contributed by atoms with Gasteiger partial charge < -0.3 is 9.52 Å². The third-order valence-corrected chi connectivity index (χ3v) is 5.96. The predicted molar refractivity (Wildman–Crippen MR) is 118 cm³/mol. The highest BCUT2D eigenvalue weighted by molar-refractivity contribution is 9.10. The number of aromatic hydroxyl groups is 1. The van der Waals surface area contributed by atoms with E-state index >= 15 is 0 Å². The molecule has 1 aliphatic rings. The van der Waals surface area contributed by atoms with Gasteiger partial charge in [-0.3, -0.25) is 14.5 Å². The van der Waals surface area contributed by atoms with Gasteiger partial charge in [0.25, 0.3) is 5.91 Å². The lowest BCUT2D eigenvalue weighted by atomic mass is 9.98. The molecule has 4 aromatic rings. The van der Waals surface area contributed by atoms with E-state index in [2.05, 4.69) is 15.9 Å². The zero-order valence-electron chi connectivity index (χ0n) is 16.6. The molecule has 1 N–H and O–H groups in total. The molecule has 9 heteroatoms. The van der Waals surface area contributed by atoms with Gasteiger partial charge in [0, 0.05) is 10.2 Å². The minimum atomic E-state index is -4.62. The summed E-state index contributed by atoms with van der Waals surface area (Å²) in [5, 5.41) is 10.2. The molecule has 1 amide bonds. The highest BCUT2D eigenvalue weighted by Crippen LogP contribution is 2.43. The van der Waals surface area contributed by atoms with Crippen molar-refractivity contribution in [3.63, 3.8) is 0 Å². The molecular formula is C24H13BrF3NO4. The number of benzene rings is 3. The summed E-state index contributed by atoms with van der Waals surface area (Å²) in [6.45, 7) is 0. The number of alkyl halides is 3. The van der Waals surface area contributed by atoms with Crippen LogP contribution in [-0.4, -0.2) is 11.0 Å². The molecule has 2 heterocycles. The molecule has 1 unspecified atom stereocenters. The van der Waals surface area contributed by atoms with Crippen molar-refractivity contribution in [3.05, 3.63) is 104 Å². The summed E-state index contributed by atoms with van der Waals surface area (Å²) < 4.78 is 46.5. The molecule has 5 nitrogen and oxygen atoms in total. The largest absolute Gasteiger partial charge is 0.508 e. The van der Waals surface area contributed by atoms with Crippen LogP contribution >= 0.6 is 15.9 Å². The molecule has 0 saturated carbocycles. The van der Waals surface area contributed by atoms with Crippen molar-refractivity contribution in [2.24, 2.45) is 0 Å². The summed E-state index contributed by atoms with van der Waals surface area (Å²) in [6.07, 6.45) is -4.62. The number of carbonyl (C=O) groups excluding carboxylic acids is 1. The van der Waals surface area contributed by atoms with E-state index in [1.54, 1.807) is 18.2 Å². The smallest absolute Gasteiger partial charge is 0.416 e. The first kappa shape index (κ1) is 21.3. The average Bonchev–Trinajstić information content (AvgIpc) is 3.06. The van der Waals surface area contributed by atoms with Crippen molar-refractivity contribution >= 4 is 38.5 Å². The Hall–Kier alpha value is -3.59. The predicted octanol–water partition coefficient (Wildman–Crippen LogP) is 6.03. The first-order chi connectivity index (χ1) is 15.6. The van der Waals surface area contributed by atoms with Crippen LogP contribution in [0.3, 0.4) is 0 Å². The number of hydrogen-bond acceptors (Lipinski definition) is 4. The highest BCUT2D eigenvalue weighted by Gasteiger charge is 2.44. The fourth-order valence-electron chi connectivity index (χ4n) is 4.05. The van der Waals surface area contributed by atoms with E-state index in [1.807, 2.05) is 0 Å². The minimum absolute atomic E-state index is 0.00592. The van der Waals surface area contributed by atoms with E-state index in [0.29, 0.717) is 10.0 Å². The van der Waals surface area contributed by atoms with Gasteiger partial charge in [0.05, 0.1) is 22.6 Å². The first-order valence-electron chi connectivity index (χ1n) is 9.71.